The summed E-state index contributed by atoms with van der Waals surface area (Å²) in [7, 11) is -4.02. The molecule has 0 spiro atoms. The number of rotatable bonds is 10. The third-order valence-electron chi connectivity index (χ3n) is 1.99. The van der Waals surface area contributed by atoms with E-state index in [1.807, 2.05) is 0 Å². The monoisotopic (exact) mass is 296 g/mol. The zero-order valence-corrected chi connectivity index (χ0v) is 12.0. The molecule has 0 aromatic rings. The first kappa shape index (κ1) is 19.0. The summed E-state index contributed by atoms with van der Waals surface area (Å²) < 4.78 is 20.5. The van der Waals surface area contributed by atoms with Crippen LogP contribution < -0.4 is 4.89 Å². The normalized spacial score (nSPS) is 11.2. The van der Waals surface area contributed by atoms with E-state index in [4.69, 9.17) is 0 Å². The number of unbranched alkanes of at least 4 members (excludes halogenated alkanes) is 4. The largest absolute Gasteiger partial charge is 3.00 e. The molecule has 0 aliphatic carbocycles. The van der Waals surface area contributed by atoms with Crippen molar-refractivity contribution in [3.8, 4) is 0 Å². The molecule has 0 aliphatic heterocycles. The van der Waals surface area contributed by atoms with Gasteiger partial charge in [-0.15, -0.1) is 0 Å². The molecule has 6 heteroatoms. The van der Waals surface area contributed by atoms with E-state index in [1.165, 1.54) is 0 Å². The Morgan fingerprint density at radius 3 is 1.62 bits per heavy atom. The van der Waals surface area contributed by atoms with Gasteiger partial charge in [-0.05, 0) is 12.8 Å². The Kier molecular flexibility index (Phi) is 14.3. The van der Waals surface area contributed by atoms with Gasteiger partial charge in [0.25, 0.3) is 7.82 Å². The number of phosphoric acid groups is 1. The molecule has 0 atom stereocenters. The average molecular weight is 296 g/mol. The minimum Gasteiger partial charge on any atom is -0.756 e. The summed E-state index contributed by atoms with van der Waals surface area (Å²) in [4.78, 5) is 11.1. The van der Waals surface area contributed by atoms with E-state index in [0.29, 0.717) is 0 Å². The summed E-state index contributed by atoms with van der Waals surface area (Å²) in [6.07, 6.45) is 5.58. The maximum Gasteiger partial charge on any atom is 3.00 e. The van der Waals surface area contributed by atoms with Gasteiger partial charge < -0.3 is 13.9 Å². The van der Waals surface area contributed by atoms with E-state index >= 15 is 0 Å². The maximum absolute atomic E-state index is 11.1. The third-order valence-corrected chi connectivity index (χ3v) is 2.99. The first-order valence-corrected chi connectivity index (χ1v) is 7.18. The summed E-state index contributed by atoms with van der Waals surface area (Å²) in [6, 6.07) is 0. The molecular weight excluding hydrogens is 274 g/mol. The van der Waals surface area contributed by atoms with E-state index < -0.39 is 7.82 Å². The Morgan fingerprint density at radius 1 is 0.938 bits per heavy atom. The van der Waals surface area contributed by atoms with Gasteiger partial charge in [0.05, 0.1) is 13.2 Å². The molecule has 0 heterocycles. The zero-order valence-electron chi connectivity index (χ0n) is 10.1. The fourth-order valence-electron chi connectivity index (χ4n) is 1.09. The molecule has 0 saturated heterocycles. The van der Waals surface area contributed by atoms with Crippen molar-refractivity contribution in [2.45, 2.75) is 52.4 Å². The Balaban J connectivity index is 0. The minimum atomic E-state index is -4.02. The van der Waals surface area contributed by atoms with Crippen LogP contribution in [0.1, 0.15) is 52.4 Å². The predicted octanol–water partition coefficient (Wildman–Crippen LogP) is 2.87. The van der Waals surface area contributed by atoms with Gasteiger partial charge in [0.1, 0.15) is 0 Å². The van der Waals surface area contributed by atoms with Crippen molar-refractivity contribution in [1.29, 1.82) is 0 Å². The minimum absolute atomic E-state index is 0. The van der Waals surface area contributed by atoms with E-state index in [9.17, 15) is 9.46 Å². The van der Waals surface area contributed by atoms with Gasteiger partial charge in [-0.1, -0.05) is 39.5 Å². The summed E-state index contributed by atoms with van der Waals surface area (Å²) in [5.41, 5.74) is 0. The van der Waals surface area contributed by atoms with Crippen LogP contribution in [0.3, 0.4) is 0 Å². The summed E-state index contributed by atoms with van der Waals surface area (Å²) in [5, 5.41) is 0. The molecule has 0 fully saturated rings. The first-order valence-electron chi connectivity index (χ1n) is 5.72. The van der Waals surface area contributed by atoms with Crippen LogP contribution in [-0.4, -0.2) is 13.2 Å². The molecule has 0 unspecified atom stereocenters. The molecule has 0 amide bonds. The molecule has 16 heavy (non-hydrogen) atoms. The van der Waals surface area contributed by atoms with Gasteiger partial charge in [-0.3, -0.25) is 4.57 Å². The van der Waals surface area contributed by atoms with Gasteiger partial charge in [0.15, 0.2) is 0 Å². The van der Waals surface area contributed by atoms with Crippen molar-refractivity contribution in [3.63, 3.8) is 0 Å². The van der Waals surface area contributed by atoms with E-state index in [2.05, 4.69) is 22.9 Å². The molecule has 0 rings (SSSR count). The van der Waals surface area contributed by atoms with Crippen molar-refractivity contribution in [3.05, 3.63) is 0 Å². The SMILES string of the molecule is CCCCCOP(=O)([O-])OCCCCC.[Co+3]. The topological polar surface area (TPSA) is 58.6 Å². The van der Waals surface area contributed by atoms with Gasteiger partial charge >= 0.3 is 16.8 Å². The van der Waals surface area contributed by atoms with Crippen molar-refractivity contribution < 1.29 is 35.3 Å². The Bertz CT molecular complexity index is 174. The number of hydrogen-bond donors (Lipinski definition) is 0. The molecule has 0 saturated carbocycles. The number of phosphoric ester groups is 1. The second kappa shape index (κ2) is 12.1. The molecule has 0 aromatic heterocycles. The summed E-state index contributed by atoms with van der Waals surface area (Å²) in [5.74, 6) is 0. The molecule has 98 valence electrons. The Hall–Kier alpha value is 0.616. The van der Waals surface area contributed by atoms with Crippen molar-refractivity contribution in [2.24, 2.45) is 0 Å². The fraction of sp³-hybridized carbons (Fsp3) is 1.00. The maximum atomic E-state index is 11.1. The van der Waals surface area contributed by atoms with Crippen LogP contribution in [0.5, 0.6) is 0 Å². The average Bonchev–Trinajstić information content (AvgIpc) is 2.20. The fourth-order valence-corrected chi connectivity index (χ4v) is 1.87. The second-order valence-electron chi connectivity index (χ2n) is 3.53. The van der Waals surface area contributed by atoms with E-state index in [1.54, 1.807) is 0 Å². The second-order valence-corrected chi connectivity index (χ2v) is 4.94. The molecule has 0 bridgehead atoms. The van der Waals surface area contributed by atoms with Gasteiger partial charge in [0, 0.05) is 0 Å². The Labute approximate surface area is 109 Å². The molecule has 0 aliphatic rings. The van der Waals surface area contributed by atoms with Gasteiger partial charge in [0.2, 0.25) is 0 Å². The van der Waals surface area contributed by atoms with Crippen molar-refractivity contribution >= 4 is 7.82 Å². The van der Waals surface area contributed by atoms with Crippen LogP contribution in [0.15, 0.2) is 0 Å². The first-order chi connectivity index (χ1) is 7.12. The summed E-state index contributed by atoms with van der Waals surface area (Å²) in [6.45, 7) is 4.58. The van der Waals surface area contributed by atoms with Crippen molar-refractivity contribution in [2.75, 3.05) is 13.2 Å². The third kappa shape index (κ3) is 12.7. The molecule has 0 N–H and O–H groups in total. The van der Waals surface area contributed by atoms with Crippen LogP contribution in [0.2, 0.25) is 0 Å². The predicted molar refractivity (Wildman–Crippen MR) is 58.6 cm³/mol. The Morgan fingerprint density at radius 2 is 1.31 bits per heavy atom. The molecule has 0 radical (unpaired) electrons. The van der Waals surface area contributed by atoms with Crippen LogP contribution in [0, 0.1) is 0 Å². The molecule has 4 nitrogen and oxygen atoms in total. The smallest absolute Gasteiger partial charge is 0.756 e. The van der Waals surface area contributed by atoms with Gasteiger partial charge in [-0.25, -0.2) is 0 Å². The van der Waals surface area contributed by atoms with Crippen LogP contribution in [-0.2, 0) is 30.4 Å². The zero-order chi connectivity index (χ0) is 11.6. The molecule has 0 aromatic carbocycles. The number of hydrogen-bond acceptors (Lipinski definition) is 4. The van der Waals surface area contributed by atoms with Crippen LogP contribution in [0.25, 0.3) is 0 Å². The standard InChI is InChI=1S/C10H23O4P.Co/c1-3-5-7-9-13-15(11,12)14-10-8-6-4-2;/h3-10H2,1-2H3,(H,11,12);/q;+3/p-1. The van der Waals surface area contributed by atoms with Crippen molar-refractivity contribution in [1.82, 2.24) is 0 Å². The van der Waals surface area contributed by atoms with E-state index in [-0.39, 0.29) is 30.0 Å². The van der Waals surface area contributed by atoms with Crippen LogP contribution >= 0.6 is 7.82 Å². The summed E-state index contributed by atoms with van der Waals surface area (Å²) >= 11 is 0. The van der Waals surface area contributed by atoms with E-state index in [0.717, 1.165) is 38.5 Å². The quantitative estimate of drug-likeness (QED) is 0.459. The van der Waals surface area contributed by atoms with Gasteiger partial charge in [-0.2, -0.15) is 0 Å². The molecular formula is C10H22CoO4P+2. The van der Waals surface area contributed by atoms with Crippen LogP contribution in [0.4, 0.5) is 0 Å².